The number of aromatic nitrogens is 2. The number of halogens is 6. The number of carboxylic acids is 1. The molecule has 3 aromatic rings. The first-order valence-corrected chi connectivity index (χ1v) is 16.4. The molecule has 5 rings (SSSR count). The van der Waals surface area contributed by atoms with Crippen molar-refractivity contribution in [2.24, 2.45) is 0 Å². The molecule has 55 heavy (non-hydrogen) atoms. The Bertz CT molecular complexity index is 1970. The van der Waals surface area contributed by atoms with Crippen molar-refractivity contribution in [3.8, 4) is 23.1 Å². The molecule has 3 atom stereocenters. The smallest absolute Gasteiger partial charge is 0.475 e. The minimum absolute atomic E-state index is 0.0124. The van der Waals surface area contributed by atoms with Crippen LogP contribution >= 0.6 is 11.6 Å². The summed E-state index contributed by atoms with van der Waals surface area (Å²) in [7, 11) is 2.50. The fourth-order valence-corrected chi connectivity index (χ4v) is 5.78. The van der Waals surface area contributed by atoms with Gasteiger partial charge in [-0.25, -0.2) is 24.2 Å². The van der Waals surface area contributed by atoms with Gasteiger partial charge in [0.15, 0.2) is 5.69 Å². The number of carbonyl (C=O) groups is 4. The van der Waals surface area contributed by atoms with Gasteiger partial charge in [-0.1, -0.05) is 23.8 Å². The van der Waals surface area contributed by atoms with Gasteiger partial charge in [0.05, 0.1) is 26.0 Å². The number of aliphatic carboxylic acids is 1. The summed E-state index contributed by atoms with van der Waals surface area (Å²) in [6.45, 7) is -2.94. The third-order valence-electron chi connectivity index (χ3n) is 8.09. The van der Waals surface area contributed by atoms with Crippen LogP contribution in [0, 0.1) is 11.3 Å². The molecule has 2 aliphatic heterocycles. The van der Waals surface area contributed by atoms with Gasteiger partial charge >= 0.3 is 36.9 Å². The van der Waals surface area contributed by atoms with Crippen LogP contribution in [-0.2, 0) is 23.8 Å². The van der Waals surface area contributed by atoms with Crippen LogP contribution in [0.15, 0.2) is 48.6 Å². The lowest BCUT2D eigenvalue weighted by Gasteiger charge is -2.36. The first-order chi connectivity index (χ1) is 26.1. The fraction of sp³-hybridized carbons (Fsp3) is 0.353. The average Bonchev–Trinajstić information content (AvgIpc) is 3.57. The second-order valence-corrected chi connectivity index (χ2v) is 12.0. The third-order valence-corrected chi connectivity index (χ3v) is 8.33. The molecule has 2 aromatic carbocycles. The second kappa shape index (κ2) is 18.3. The summed E-state index contributed by atoms with van der Waals surface area (Å²) in [4.78, 5) is 56.3. The normalized spacial score (nSPS) is 18.9. The Kier molecular flexibility index (Phi) is 13.9. The van der Waals surface area contributed by atoms with Crippen molar-refractivity contribution in [3.63, 3.8) is 0 Å². The zero-order chi connectivity index (χ0) is 40.4. The molecule has 294 valence electrons. The zero-order valence-corrected chi connectivity index (χ0v) is 29.5. The number of amides is 2. The van der Waals surface area contributed by atoms with Crippen molar-refractivity contribution in [1.82, 2.24) is 14.9 Å². The molecular weight excluding hydrogens is 767 g/mol. The number of nitrogens with one attached hydrogen (secondary N) is 3. The molecule has 4 N–H and O–H groups in total. The second-order valence-electron chi connectivity index (χ2n) is 11.6. The molecule has 2 bridgehead atoms. The van der Waals surface area contributed by atoms with E-state index in [1.165, 1.54) is 37.3 Å². The Morgan fingerprint density at radius 1 is 1.13 bits per heavy atom. The highest BCUT2D eigenvalue weighted by Crippen LogP contribution is 2.40. The predicted molar refractivity (Wildman–Crippen MR) is 182 cm³/mol. The first kappa shape index (κ1) is 41.7. The summed E-state index contributed by atoms with van der Waals surface area (Å²) in [5.41, 5.74) is 1.71. The van der Waals surface area contributed by atoms with E-state index in [2.05, 4.69) is 31.4 Å². The van der Waals surface area contributed by atoms with E-state index in [9.17, 15) is 41.6 Å². The molecule has 1 unspecified atom stereocenters. The van der Waals surface area contributed by atoms with E-state index >= 15 is 0 Å². The molecule has 3 heterocycles. The Labute approximate surface area is 313 Å². The number of rotatable bonds is 6. The molecular formula is C34H32ClF5N6O9. The Morgan fingerprint density at radius 2 is 1.85 bits per heavy atom. The van der Waals surface area contributed by atoms with Gasteiger partial charge in [0.25, 0.3) is 0 Å². The van der Waals surface area contributed by atoms with E-state index in [0.29, 0.717) is 35.5 Å². The summed E-state index contributed by atoms with van der Waals surface area (Å²) in [5.74, 6) is -3.14. The molecule has 2 aliphatic rings. The van der Waals surface area contributed by atoms with Crippen LogP contribution in [0.3, 0.4) is 0 Å². The van der Waals surface area contributed by atoms with Crippen LogP contribution in [-0.4, -0.2) is 83.7 Å². The number of carboxylic acid groups (broad SMARTS) is 1. The number of H-pyrrole nitrogens is 1. The molecule has 2 amide bonds. The van der Waals surface area contributed by atoms with Crippen LogP contribution in [0.2, 0.25) is 5.02 Å². The maximum atomic E-state index is 13.5. The molecule has 21 heteroatoms. The van der Waals surface area contributed by atoms with Gasteiger partial charge in [0, 0.05) is 40.5 Å². The lowest BCUT2D eigenvalue weighted by atomic mass is 10.0. The number of esters is 1. The summed E-state index contributed by atoms with van der Waals surface area (Å²) in [6, 6.07) is 9.50. The first-order valence-electron chi connectivity index (χ1n) is 16.1. The summed E-state index contributed by atoms with van der Waals surface area (Å²) in [6.07, 6.45) is -2.48. The Hall–Kier alpha value is -6.10. The summed E-state index contributed by atoms with van der Waals surface area (Å²) >= 11 is 6.13. The Balaban J connectivity index is 0.000000876. The molecule has 1 aromatic heterocycles. The van der Waals surface area contributed by atoms with Crippen molar-refractivity contribution in [2.45, 2.75) is 56.7 Å². The number of anilines is 2. The number of alkyl halides is 5. The van der Waals surface area contributed by atoms with Crippen molar-refractivity contribution in [2.75, 3.05) is 31.4 Å². The number of methoxy groups -OCH3 is 2. The van der Waals surface area contributed by atoms with Crippen LogP contribution in [0.4, 0.5) is 42.9 Å². The quantitative estimate of drug-likeness (QED) is 0.0837. The number of hydrogen-bond acceptors (Lipinski definition) is 11. The number of fused-ring (bicyclic) bond motifs is 4. The predicted octanol–water partition coefficient (Wildman–Crippen LogP) is 7.33. The Morgan fingerprint density at radius 3 is 2.47 bits per heavy atom. The van der Waals surface area contributed by atoms with Crippen LogP contribution in [0.5, 0.6) is 5.75 Å². The van der Waals surface area contributed by atoms with Gasteiger partial charge in [0.2, 0.25) is 0 Å². The van der Waals surface area contributed by atoms with E-state index in [-0.39, 0.29) is 47.2 Å². The van der Waals surface area contributed by atoms with Crippen molar-refractivity contribution in [1.29, 1.82) is 5.26 Å². The van der Waals surface area contributed by atoms with Gasteiger partial charge in [-0.05, 0) is 55.7 Å². The van der Waals surface area contributed by atoms with Crippen molar-refractivity contribution >= 4 is 47.1 Å². The summed E-state index contributed by atoms with van der Waals surface area (Å²) in [5, 5.41) is 23.3. The molecule has 15 nitrogen and oxygen atoms in total. The highest BCUT2D eigenvalue weighted by molar-refractivity contribution is 6.30. The molecule has 0 radical (unpaired) electrons. The maximum absolute atomic E-state index is 13.5. The number of benzene rings is 2. The topological polar surface area (TPSA) is 205 Å². The lowest BCUT2D eigenvalue weighted by molar-refractivity contribution is -0.192. The number of carbonyl (C=O) groups excluding carboxylic acids is 3. The van der Waals surface area contributed by atoms with Crippen LogP contribution < -0.4 is 15.4 Å². The van der Waals surface area contributed by atoms with E-state index < -0.39 is 55.1 Å². The van der Waals surface area contributed by atoms with E-state index in [1.54, 1.807) is 18.2 Å². The highest BCUT2D eigenvalue weighted by atomic mass is 35.5. The third kappa shape index (κ3) is 10.7. The molecule has 0 aliphatic carbocycles. The van der Waals surface area contributed by atoms with Gasteiger partial charge in [0.1, 0.15) is 29.8 Å². The van der Waals surface area contributed by atoms with Gasteiger partial charge in [-0.15, -0.1) is 0 Å². The lowest BCUT2D eigenvalue weighted by Crippen LogP contribution is -2.42. The molecule has 1 fully saturated rings. The van der Waals surface area contributed by atoms with Crippen LogP contribution in [0.25, 0.3) is 11.3 Å². The maximum Gasteiger partial charge on any atom is 0.490 e. The number of allylic oxidation sites excluding steroid dienone is 1. The minimum atomic E-state index is -5.08. The van der Waals surface area contributed by atoms with Crippen molar-refractivity contribution in [3.05, 3.63) is 70.7 Å². The standard InChI is InChI=1S/C32H31ClF2N6O7.C2HF3O2/c1-45-29(42)21-6-4-3-5-7-24(41-13-12-26(48-32(41)44)20-14-17(33)8-11-25(20)47-30(34)35)28-39-23(16-36)27(40-28)19-10-9-18(15-22(19)38-21)37-31(43)46-2;3-2(4,5)1(6)7/h3,5,8-11,14-15,21,24,26,30,38H,4,6-7,12-13H2,1-2H3,(H,37,43)(H,39,40);(H,6,7)/b5-3+;/t21-,24+,26?;/m1./s1. The number of nitriles is 1. The monoisotopic (exact) mass is 798 g/mol. The molecule has 0 spiro atoms. The number of cyclic esters (lactones) is 1. The number of aromatic amines is 1. The zero-order valence-electron chi connectivity index (χ0n) is 28.8. The average molecular weight is 799 g/mol. The number of ether oxygens (including phenoxy) is 4. The van der Waals surface area contributed by atoms with Gasteiger partial charge < -0.3 is 34.4 Å². The summed E-state index contributed by atoms with van der Waals surface area (Å²) < 4.78 is 78.0. The largest absolute Gasteiger partial charge is 0.490 e. The minimum Gasteiger partial charge on any atom is -0.475 e. The van der Waals surface area contributed by atoms with E-state index in [0.717, 1.165) is 0 Å². The SMILES string of the molecule is COC(=O)Nc1ccc2c(c1)N[C@@H](C(=O)OC)CC/C=C/C[C@H](N1CCC(c3cc(Cl)ccc3OC(F)F)OC1=O)c1nc(C#N)c-2[nH]1.O=C(O)C(F)(F)F. The highest BCUT2D eigenvalue weighted by Gasteiger charge is 2.39. The van der Waals surface area contributed by atoms with Gasteiger partial charge in [-0.2, -0.15) is 27.2 Å². The number of imidazole rings is 1. The molecule has 0 saturated carbocycles. The number of hydrogen-bond donors (Lipinski definition) is 4. The van der Waals surface area contributed by atoms with Gasteiger partial charge in [-0.3, -0.25) is 10.2 Å². The van der Waals surface area contributed by atoms with E-state index in [1.807, 2.05) is 12.2 Å². The van der Waals surface area contributed by atoms with E-state index in [4.69, 9.17) is 35.7 Å². The van der Waals surface area contributed by atoms with Crippen molar-refractivity contribution < 1.29 is 65.2 Å². The number of nitrogens with zero attached hydrogens (tertiary/aromatic N) is 3. The fourth-order valence-electron chi connectivity index (χ4n) is 5.60. The van der Waals surface area contributed by atoms with Crippen LogP contribution in [0.1, 0.15) is 54.9 Å². The molecule has 1 saturated heterocycles.